The van der Waals surface area contributed by atoms with Crippen LogP contribution in [-0.2, 0) is 0 Å². The fourth-order valence-electron chi connectivity index (χ4n) is 4.48. The molecule has 5 rings (SSSR count). The van der Waals surface area contributed by atoms with Crippen LogP contribution < -0.4 is 0 Å². The average Bonchev–Trinajstić information content (AvgIpc) is 3.19. The number of benzene rings is 4. The molecule has 0 aliphatic carbocycles. The van der Waals surface area contributed by atoms with Crippen LogP contribution in [0.25, 0.3) is 27.7 Å². The Labute approximate surface area is 217 Å². The molecule has 1 heterocycles. The largest absolute Gasteiger partial charge is 0.505 e. The highest BCUT2D eigenvalue weighted by molar-refractivity contribution is 5.99. The Morgan fingerprint density at radius 3 is 2.37 bits per heavy atom. The minimum atomic E-state index is -1.08. The van der Waals surface area contributed by atoms with Gasteiger partial charge in [0.25, 0.3) is 0 Å². The number of carbonyl (C=O) groups is 1. The number of aromatic nitrogens is 1. The van der Waals surface area contributed by atoms with Crippen molar-refractivity contribution >= 4 is 28.2 Å². The highest BCUT2D eigenvalue weighted by Gasteiger charge is 2.22. The van der Waals surface area contributed by atoms with Gasteiger partial charge in [-0.05, 0) is 85.5 Å². The van der Waals surface area contributed by atoms with Gasteiger partial charge < -0.3 is 15.3 Å². The maximum Gasteiger partial charge on any atom is 0.335 e. The third-order valence-electron chi connectivity index (χ3n) is 6.72. The number of aromatic carboxylic acids is 1. The first-order chi connectivity index (χ1) is 18.2. The molecule has 0 aliphatic heterocycles. The lowest BCUT2D eigenvalue weighted by Crippen LogP contribution is -1.95. The molecular formula is C30H24FN3O4. The number of fused-ring (bicyclic) bond motifs is 1. The second-order valence-electron chi connectivity index (χ2n) is 9.10. The summed E-state index contributed by atoms with van der Waals surface area (Å²) in [5.41, 5.74) is 4.77. The smallest absolute Gasteiger partial charge is 0.335 e. The lowest BCUT2D eigenvalue weighted by atomic mass is 10.0. The summed E-state index contributed by atoms with van der Waals surface area (Å²) in [6.07, 6.45) is 0. The predicted molar refractivity (Wildman–Crippen MR) is 144 cm³/mol. The van der Waals surface area contributed by atoms with Crippen LogP contribution in [0.15, 0.2) is 83.0 Å². The number of aromatic hydroxyl groups is 2. The minimum Gasteiger partial charge on any atom is -0.505 e. The molecule has 0 amide bonds. The molecule has 7 nitrogen and oxygen atoms in total. The second kappa shape index (κ2) is 9.48. The van der Waals surface area contributed by atoms with Crippen LogP contribution in [0.4, 0.5) is 15.8 Å². The zero-order valence-electron chi connectivity index (χ0n) is 20.9. The number of carboxylic acid groups (broad SMARTS) is 1. The number of rotatable bonds is 5. The summed E-state index contributed by atoms with van der Waals surface area (Å²) in [7, 11) is 0. The fourth-order valence-corrected chi connectivity index (χ4v) is 4.48. The molecule has 5 aromatic rings. The maximum atomic E-state index is 14.6. The van der Waals surface area contributed by atoms with Crippen molar-refractivity contribution in [2.45, 2.75) is 20.8 Å². The van der Waals surface area contributed by atoms with E-state index in [2.05, 4.69) is 10.2 Å². The summed E-state index contributed by atoms with van der Waals surface area (Å²) in [6.45, 7) is 5.56. The third-order valence-corrected chi connectivity index (χ3v) is 6.72. The molecule has 0 aliphatic rings. The van der Waals surface area contributed by atoms with Gasteiger partial charge in [0.05, 0.1) is 11.1 Å². The van der Waals surface area contributed by atoms with E-state index in [0.717, 1.165) is 11.1 Å². The number of halogens is 1. The molecule has 0 fully saturated rings. The van der Waals surface area contributed by atoms with E-state index in [1.165, 1.54) is 24.3 Å². The zero-order chi connectivity index (χ0) is 27.1. The van der Waals surface area contributed by atoms with Gasteiger partial charge in [0.15, 0.2) is 11.4 Å². The molecule has 38 heavy (non-hydrogen) atoms. The van der Waals surface area contributed by atoms with E-state index < -0.39 is 11.8 Å². The average molecular weight is 510 g/mol. The van der Waals surface area contributed by atoms with Gasteiger partial charge in [-0.1, -0.05) is 30.3 Å². The van der Waals surface area contributed by atoms with E-state index in [-0.39, 0.29) is 28.6 Å². The fraction of sp³-hybridized carbons (Fsp3) is 0.100. The van der Waals surface area contributed by atoms with Crippen molar-refractivity contribution in [1.82, 2.24) is 4.57 Å². The number of hydrogen-bond acceptors (Lipinski definition) is 5. The summed E-state index contributed by atoms with van der Waals surface area (Å²) < 4.78 is 16.2. The van der Waals surface area contributed by atoms with Crippen LogP contribution in [0, 0.1) is 26.6 Å². The number of hydrogen-bond donors (Lipinski definition) is 3. The molecule has 0 bridgehead atoms. The van der Waals surface area contributed by atoms with Gasteiger partial charge in [0, 0.05) is 16.6 Å². The topological polar surface area (TPSA) is 107 Å². The first-order valence-corrected chi connectivity index (χ1v) is 11.8. The standard InChI is InChI=1S/C30H24FN3O4/c1-16-10-11-21(14-17(16)2)34-25-13-12-23(31)18(3)26(25)27(29(34)36)33-32-24-9-5-8-22(28(24)35)19-6-4-7-20(15-19)30(37)38/h4-15,35-36H,1-3H3,(H,37,38). The van der Waals surface area contributed by atoms with E-state index in [0.29, 0.717) is 33.3 Å². The van der Waals surface area contributed by atoms with Crippen LogP contribution in [0.5, 0.6) is 11.6 Å². The van der Waals surface area contributed by atoms with Gasteiger partial charge in [-0.15, -0.1) is 10.2 Å². The molecule has 3 N–H and O–H groups in total. The van der Waals surface area contributed by atoms with E-state index in [1.54, 1.807) is 41.8 Å². The molecule has 4 aromatic carbocycles. The number of para-hydroxylation sites is 1. The van der Waals surface area contributed by atoms with E-state index in [9.17, 15) is 24.5 Å². The van der Waals surface area contributed by atoms with E-state index in [4.69, 9.17) is 0 Å². The van der Waals surface area contributed by atoms with Crippen LogP contribution in [0.1, 0.15) is 27.0 Å². The van der Waals surface area contributed by atoms with Crippen molar-refractivity contribution < 1.29 is 24.5 Å². The summed E-state index contributed by atoms with van der Waals surface area (Å²) in [6, 6.07) is 19.7. The predicted octanol–water partition coefficient (Wildman–Crippen LogP) is 7.89. The Morgan fingerprint density at radius 2 is 1.63 bits per heavy atom. The Bertz CT molecular complexity index is 1770. The van der Waals surface area contributed by atoms with Gasteiger partial charge in [0.2, 0.25) is 5.88 Å². The normalized spacial score (nSPS) is 11.5. The molecular weight excluding hydrogens is 485 g/mol. The first kappa shape index (κ1) is 24.7. The third kappa shape index (κ3) is 4.16. The number of azo groups is 1. The molecule has 0 radical (unpaired) electrons. The number of carboxylic acids is 1. The molecule has 0 spiro atoms. The van der Waals surface area contributed by atoms with Gasteiger partial charge >= 0.3 is 5.97 Å². The quantitative estimate of drug-likeness (QED) is 0.209. The lowest BCUT2D eigenvalue weighted by molar-refractivity contribution is 0.0697. The summed E-state index contributed by atoms with van der Waals surface area (Å²) in [5, 5.41) is 40.4. The Balaban J connectivity index is 1.66. The van der Waals surface area contributed by atoms with Crippen molar-refractivity contribution in [3.8, 4) is 28.4 Å². The highest BCUT2D eigenvalue weighted by atomic mass is 19.1. The summed E-state index contributed by atoms with van der Waals surface area (Å²) in [5.74, 6) is -1.96. The molecule has 1 aromatic heterocycles. The summed E-state index contributed by atoms with van der Waals surface area (Å²) >= 11 is 0. The Hall–Kier alpha value is -4.98. The Kier molecular flexibility index (Phi) is 6.16. The molecule has 0 atom stereocenters. The highest BCUT2D eigenvalue weighted by Crippen LogP contribution is 2.45. The van der Waals surface area contributed by atoms with Gasteiger partial charge in [-0.3, -0.25) is 4.57 Å². The van der Waals surface area contributed by atoms with Gasteiger partial charge in [0.1, 0.15) is 11.5 Å². The van der Waals surface area contributed by atoms with Gasteiger partial charge in [-0.25, -0.2) is 9.18 Å². The number of phenols is 1. The van der Waals surface area contributed by atoms with Crippen molar-refractivity contribution in [3.05, 3.63) is 101 Å². The van der Waals surface area contributed by atoms with Crippen molar-refractivity contribution in [2.24, 2.45) is 10.2 Å². The number of aryl methyl sites for hydroxylation is 3. The van der Waals surface area contributed by atoms with Crippen molar-refractivity contribution in [2.75, 3.05) is 0 Å². The molecule has 0 unspecified atom stereocenters. The second-order valence-corrected chi connectivity index (χ2v) is 9.10. The SMILES string of the molecule is Cc1ccc(-n2c(O)c(N=Nc3cccc(-c4cccc(C(=O)O)c4)c3O)c3c(C)c(F)ccc32)cc1C. The lowest BCUT2D eigenvalue weighted by Gasteiger charge is -2.10. The monoisotopic (exact) mass is 509 g/mol. The molecule has 190 valence electrons. The molecule has 0 saturated heterocycles. The zero-order valence-corrected chi connectivity index (χ0v) is 20.9. The minimum absolute atomic E-state index is 0.0629. The van der Waals surface area contributed by atoms with Crippen molar-refractivity contribution in [3.63, 3.8) is 0 Å². The number of nitrogens with zero attached hydrogens (tertiary/aromatic N) is 3. The van der Waals surface area contributed by atoms with E-state index in [1.807, 2.05) is 32.0 Å². The summed E-state index contributed by atoms with van der Waals surface area (Å²) in [4.78, 5) is 11.4. The number of phenolic OH excluding ortho intramolecular Hbond substituents is 1. The van der Waals surface area contributed by atoms with Gasteiger partial charge in [-0.2, -0.15) is 0 Å². The van der Waals surface area contributed by atoms with Crippen LogP contribution in [0.3, 0.4) is 0 Å². The molecule has 8 heteroatoms. The molecule has 0 saturated carbocycles. The van der Waals surface area contributed by atoms with E-state index >= 15 is 0 Å². The maximum absolute atomic E-state index is 14.6. The van der Waals surface area contributed by atoms with Crippen LogP contribution in [-0.4, -0.2) is 25.9 Å². The van der Waals surface area contributed by atoms with Crippen LogP contribution in [0.2, 0.25) is 0 Å². The Morgan fingerprint density at radius 1 is 0.868 bits per heavy atom. The van der Waals surface area contributed by atoms with Crippen LogP contribution >= 0.6 is 0 Å². The van der Waals surface area contributed by atoms with Crippen molar-refractivity contribution in [1.29, 1.82) is 0 Å². The first-order valence-electron chi connectivity index (χ1n) is 11.8.